The van der Waals surface area contributed by atoms with Crippen LogP contribution in [0, 0.1) is 6.92 Å². The maximum absolute atomic E-state index is 12.6. The van der Waals surface area contributed by atoms with Crippen molar-refractivity contribution in [2.45, 2.75) is 39.2 Å². The Morgan fingerprint density at radius 1 is 1.00 bits per heavy atom. The molecule has 0 N–H and O–H groups in total. The Bertz CT molecular complexity index is 606. The van der Waals surface area contributed by atoms with E-state index in [4.69, 9.17) is 0 Å². The van der Waals surface area contributed by atoms with Crippen LogP contribution in [0.15, 0.2) is 24.3 Å². The minimum Gasteiger partial charge on any atom is -0.339 e. The number of likely N-dealkylation sites (tertiary alicyclic amines) is 1. The van der Waals surface area contributed by atoms with Crippen molar-refractivity contribution in [1.29, 1.82) is 0 Å². The Balaban J connectivity index is 1.49. The fourth-order valence-electron chi connectivity index (χ4n) is 3.74. The van der Waals surface area contributed by atoms with Crippen LogP contribution in [0.2, 0.25) is 0 Å². The van der Waals surface area contributed by atoms with Crippen LogP contribution in [-0.4, -0.2) is 71.8 Å². The molecule has 2 amide bonds. The van der Waals surface area contributed by atoms with E-state index in [-0.39, 0.29) is 11.8 Å². The molecule has 2 saturated heterocycles. The van der Waals surface area contributed by atoms with Crippen LogP contribution in [0.5, 0.6) is 0 Å². The van der Waals surface area contributed by atoms with Gasteiger partial charge in [-0.2, -0.15) is 0 Å². The molecule has 136 valence electrons. The molecule has 0 saturated carbocycles. The molecule has 1 aromatic rings. The Morgan fingerprint density at radius 3 is 2.32 bits per heavy atom. The van der Waals surface area contributed by atoms with Gasteiger partial charge in [-0.15, -0.1) is 0 Å². The lowest BCUT2D eigenvalue weighted by molar-refractivity contribution is -0.136. The first-order chi connectivity index (χ1) is 12.0. The molecule has 5 nitrogen and oxygen atoms in total. The summed E-state index contributed by atoms with van der Waals surface area (Å²) >= 11 is 0. The number of carbonyl (C=O) groups excluding carboxylic acids is 2. The number of rotatable bonds is 3. The number of piperidine rings is 1. The fourth-order valence-corrected chi connectivity index (χ4v) is 3.74. The number of amides is 2. The van der Waals surface area contributed by atoms with Crippen LogP contribution in [0.1, 0.15) is 42.1 Å². The molecule has 0 radical (unpaired) electrons. The number of nitrogens with zero attached hydrogens (tertiary/aromatic N) is 3. The van der Waals surface area contributed by atoms with Crippen LogP contribution in [-0.2, 0) is 4.79 Å². The van der Waals surface area contributed by atoms with E-state index in [9.17, 15) is 9.59 Å². The standard InChI is InChI=1S/C20H29N3O2/c1-16-6-8-18(9-7-16)20(25)22-13-11-21(12-14-22)15-19(24)23-10-4-3-5-17(23)2/h6-9,17H,3-5,10-15H2,1-2H3. The maximum atomic E-state index is 12.6. The summed E-state index contributed by atoms with van der Waals surface area (Å²) in [6.07, 6.45) is 3.46. The molecule has 2 heterocycles. The van der Waals surface area contributed by atoms with E-state index in [1.54, 1.807) is 0 Å². The number of benzene rings is 1. The van der Waals surface area contributed by atoms with Gasteiger partial charge in [0.2, 0.25) is 5.91 Å². The van der Waals surface area contributed by atoms with Crippen LogP contribution < -0.4 is 0 Å². The third kappa shape index (κ3) is 4.40. The number of hydrogen-bond donors (Lipinski definition) is 0. The summed E-state index contributed by atoms with van der Waals surface area (Å²) < 4.78 is 0. The lowest BCUT2D eigenvalue weighted by Crippen LogP contribution is -2.53. The van der Waals surface area contributed by atoms with Gasteiger partial charge in [-0.1, -0.05) is 17.7 Å². The quantitative estimate of drug-likeness (QED) is 0.845. The normalized spacial score (nSPS) is 22.1. The van der Waals surface area contributed by atoms with Crippen molar-refractivity contribution in [2.75, 3.05) is 39.3 Å². The van der Waals surface area contributed by atoms with E-state index < -0.39 is 0 Å². The van der Waals surface area contributed by atoms with E-state index in [0.717, 1.165) is 43.6 Å². The number of hydrogen-bond acceptors (Lipinski definition) is 3. The first-order valence-electron chi connectivity index (χ1n) is 9.42. The smallest absolute Gasteiger partial charge is 0.253 e. The minimum absolute atomic E-state index is 0.0932. The first-order valence-corrected chi connectivity index (χ1v) is 9.42. The van der Waals surface area contributed by atoms with Gasteiger partial charge in [0.05, 0.1) is 6.54 Å². The lowest BCUT2D eigenvalue weighted by atomic mass is 10.0. The molecule has 1 aromatic carbocycles. The Kier molecular flexibility index (Phi) is 5.74. The molecule has 0 aromatic heterocycles. The zero-order chi connectivity index (χ0) is 17.8. The zero-order valence-electron chi connectivity index (χ0n) is 15.4. The highest BCUT2D eigenvalue weighted by Gasteiger charge is 2.27. The Labute approximate surface area is 150 Å². The summed E-state index contributed by atoms with van der Waals surface area (Å²) in [6.45, 7) is 8.47. The largest absolute Gasteiger partial charge is 0.339 e. The van der Waals surface area contributed by atoms with Crippen molar-refractivity contribution in [2.24, 2.45) is 0 Å². The van der Waals surface area contributed by atoms with E-state index in [2.05, 4.69) is 11.8 Å². The second-order valence-corrected chi connectivity index (χ2v) is 7.37. The topological polar surface area (TPSA) is 43.9 Å². The van der Waals surface area contributed by atoms with Crippen molar-refractivity contribution >= 4 is 11.8 Å². The molecule has 25 heavy (non-hydrogen) atoms. The number of aryl methyl sites for hydroxylation is 1. The second-order valence-electron chi connectivity index (χ2n) is 7.37. The predicted octanol–water partition coefficient (Wildman–Crippen LogP) is 2.15. The van der Waals surface area contributed by atoms with Gasteiger partial charge in [-0.3, -0.25) is 14.5 Å². The molecule has 2 fully saturated rings. The molecule has 2 aliphatic rings. The van der Waals surface area contributed by atoms with E-state index in [0.29, 0.717) is 25.7 Å². The van der Waals surface area contributed by atoms with E-state index in [1.807, 2.05) is 41.0 Å². The fraction of sp³-hybridized carbons (Fsp3) is 0.600. The summed E-state index contributed by atoms with van der Waals surface area (Å²) in [4.78, 5) is 31.2. The summed E-state index contributed by atoms with van der Waals surface area (Å²) in [5.74, 6) is 0.334. The summed E-state index contributed by atoms with van der Waals surface area (Å²) in [5.41, 5.74) is 1.91. The summed E-state index contributed by atoms with van der Waals surface area (Å²) in [5, 5.41) is 0. The molecular formula is C20H29N3O2. The molecule has 0 spiro atoms. The molecule has 1 unspecified atom stereocenters. The van der Waals surface area contributed by atoms with Gasteiger partial charge in [-0.25, -0.2) is 0 Å². The highest BCUT2D eigenvalue weighted by atomic mass is 16.2. The van der Waals surface area contributed by atoms with Gasteiger partial charge in [-0.05, 0) is 45.2 Å². The second kappa shape index (κ2) is 8.00. The minimum atomic E-state index is 0.0932. The first kappa shape index (κ1) is 17.9. The Morgan fingerprint density at radius 2 is 1.68 bits per heavy atom. The van der Waals surface area contributed by atoms with Crippen LogP contribution >= 0.6 is 0 Å². The maximum Gasteiger partial charge on any atom is 0.253 e. The van der Waals surface area contributed by atoms with Gasteiger partial charge in [0.25, 0.3) is 5.91 Å². The Hall–Kier alpha value is -1.88. The highest BCUT2D eigenvalue weighted by Crippen LogP contribution is 2.17. The zero-order valence-corrected chi connectivity index (χ0v) is 15.4. The SMILES string of the molecule is Cc1ccc(C(=O)N2CCN(CC(=O)N3CCCCC3C)CC2)cc1. The van der Waals surface area contributed by atoms with Crippen LogP contribution in [0.25, 0.3) is 0 Å². The molecule has 1 atom stereocenters. The predicted molar refractivity (Wildman–Crippen MR) is 98.5 cm³/mol. The highest BCUT2D eigenvalue weighted by molar-refractivity contribution is 5.94. The number of carbonyl (C=O) groups is 2. The molecule has 0 aliphatic carbocycles. The third-order valence-corrected chi connectivity index (χ3v) is 5.44. The average Bonchev–Trinajstić information content (AvgIpc) is 2.63. The van der Waals surface area contributed by atoms with Gasteiger partial charge in [0.15, 0.2) is 0 Å². The van der Waals surface area contributed by atoms with Crippen molar-refractivity contribution in [3.63, 3.8) is 0 Å². The van der Waals surface area contributed by atoms with Crippen molar-refractivity contribution in [1.82, 2.24) is 14.7 Å². The van der Waals surface area contributed by atoms with Gasteiger partial charge in [0.1, 0.15) is 0 Å². The van der Waals surface area contributed by atoms with Gasteiger partial charge in [0, 0.05) is 44.3 Å². The summed E-state index contributed by atoms with van der Waals surface area (Å²) in [6, 6.07) is 8.10. The van der Waals surface area contributed by atoms with Crippen molar-refractivity contribution in [3.8, 4) is 0 Å². The van der Waals surface area contributed by atoms with Gasteiger partial charge < -0.3 is 9.80 Å². The van der Waals surface area contributed by atoms with Crippen molar-refractivity contribution in [3.05, 3.63) is 35.4 Å². The third-order valence-electron chi connectivity index (χ3n) is 5.44. The molecule has 5 heteroatoms. The molecule has 2 aliphatic heterocycles. The molecule has 0 bridgehead atoms. The van der Waals surface area contributed by atoms with Crippen molar-refractivity contribution < 1.29 is 9.59 Å². The average molecular weight is 343 g/mol. The molecule has 3 rings (SSSR count). The molecular weight excluding hydrogens is 314 g/mol. The van der Waals surface area contributed by atoms with Crippen LogP contribution in [0.4, 0.5) is 0 Å². The van der Waals surface area contributed by atoms with Gasteiger partial charge >= 0.3 is 0 Å². The van der Waals surface area contributed by atoms with Crippen LogP contribution in [0.3, 0.4) is 0 Å². The summed E-state index contributed by atoms with van der Waals surface area (Å²) in [7, 11) is 0. The van der Waals surface area contributed by atoms with E-state index in [1.165, 1.54) is 6.42 Å². The monoisotopic (exact) mass is 343 g/mol. The van der Waals surface area contributed by atoms with E-state index >= 15 is 0 Å². The number of piperazine rings is 1. The lowest BCUT2D eigenvalue weighted by Gasteiger charge is -2.38.